The summed E-state index contributed by atoms with van der Waals surface area (Å²) in [6.07, 6.45) is 7.80. The van der Waals surface area contributed by atoms with Gasteiger partial charge in [0, 0.05) is 11.8 Å². The molecule has 0 aromatic rings. The lowest BCUT2D eigenvalue weighted by Crippen LogP contribution is -2.10. The van der Waals surface area contributed by atoms with Gasteiger partial charge in [-0.3, -0.25) is 4.79 Å². The van der Waals surface area contributed by atoms with Crippen LogP contribution in [-0.2, 0) is 9.53 Å². The van der Waals surface area contributed by atoms with Crippen molar-refractivity contribution in [1.29, 1.82) is 0 Å². The average Bonchev–Trinajstić information content (AvgIpc) is 2.15. The SMILES string of the molecule is CC(C)OC(=O)CCCCCCCCBr. The van der Waals surface area contributed by atoms with E-state index in [2.05, 4.69) is 15.9 Å². The largest absolute Gasteiger partial charge is 0.463 e. The first kappa shape index (κ1) is 14.9. The highest BCUT2D eigenvalue weighted by Crippen LogP contribution is 2.08. The number of hydrogen-bond donors (Lipinski definition) is 0. The maximum absolute atomic E-state index is 11.2. The Morgan fingerprint density at radius 3 is 2.13 bits per heavy atom. The fourth-order valence-corrected chi connectivity index (χ4v) is 1.79. The molecule has 0 bridgehead atoms. The molecule has 0 spiro atoms. The quantitative estimate of drug-likeness (QED) is 0.361. The highest BCUT2D eigenvalue weighted by atomic mass is 79.9. The Balaban J connectivity index is 3.13. The molecule has 0 aliphatic carbocycles. The van der Waals surface area contributed by atoms with Crippen LogP contribution in [0.3, 0.4) is 0 Å². The lowest BCUT2D eigenvalue weighted by atomic mass is 10.1. The summed E-state index contributed by atoms with van der Waals surface area (Å²) in [6.45, 7) is 3.77. The van der Waals surface area contributed by atoms with E-state index in [1.165, 1.54) is 25.7 Å². The molecule has 15 heavy (non-hydrogen) atoms. The van der Waals surface area contributed by atoms with Gasteiger partial charge < -0.3 is 4.74 Å². The molecular formula is C12H23BrO2. The molecule has 0 saturated heterocycles. The number of halogens is 1. The Morgan fingerprint density at radius 1 is 1.07 bits per heavy atom. The van der Waals surface area contributed by atoms with E-state index in [4.69, 9.17) is 4.74 Å². The van der Waals surface area contributed by atoms with Crippen molar-refractivity contribution < 1.29 is 9.53 Å². The number of ether oxygens (including phenoxy) is 1. The van der Waals surface area contributed by atoms with Gasteiger partial charge in [-0.2, -0.15) is 0 Å². The van der Waals surface area contributed by atoms with Crippen LogP contribution in [0.1, 0.15) is 58.8 Å². The molecule has 0 N–H and O–H groups in total. The van der Waals surface area contributed by atoms with Crippen molar-refractivity contribution in [3.8, 4) is 0 Å². The molecule has 0 radical (unpaired) electrons. The molecule has 0 amide bonds. The van der Waals surface area contributed by atoms with Gasteiger partial charge in [-0.15, -0.1) is 0 Å². The number of esters is 1. The number of hydrogen-bond acceptors (Lipinski definition) is 2. The summed E-state index contributed by atoms with van der Waals surface area (Å²) in [5.74, 6) is -0.0505. The molecule has 90 valence electrons. The second-order valence-corrected chi connectivity index (χ2v) is 4.89. The van der Waals surface area contributed by atoms with Crippen molar-refractivity contribution in [2.45, 2.75) is 64.9 Å². The second-order valence-electron chi connectivity index (χ2n) is 4.10. The standard InChI is InChI=1S/C12H23BrO2/c1-11(2)15-12(14)9-7-5-3-4-6-8-10-13/h11H,3-10H2,1-2H3. The van der Waals surface area contributed by atoms with Crippen LogP contribution >= 0.6 is 15.9 Å². The molecule has 0 rings (SSSR count). The maximum Gasteiger partial charge on any atom is 0.306 e. The minimum absolute atomic E-state index is 0.0245. The predicted octanol–water partition coefficient (Wildman–Crippen LogP) is 4.06. The molecule has 0 fully saturated rings. The van der Waals surface area contributed by atoms with Gasteiger partial charge >= 0.3 is 5.97 Å². The zero-order valence-corrected chi connectivity index (χ0v) is 11.5. The molecule has 0 heterocycles. The summed E-state index contributed by atoms with van der Waals surface area (Å²) in [6, 6.07) is 0. The van der Waals surface area contributed by atoms with Crippen LogP contribution in [0.25, 0.3) is 0 Å². The Labute approximate surface area is 102 Å². The molecule has 0 atom stereocenters. The maximum atomic E-state index is 11.2. The third kappa shape index (κ3) is 11.9. The first-order chi connectivity index (χ1) is 7.16. The van der Waals surface area contributed by atoms with E-state index in [1.807, 2.05) is 13.8 Å². The number of carbonyl (C=O) groups excluding carboxylic acids is 1. The Morgan fingerprint density at radius 2 is 1.60 bits per heavy atom. The van der Waals surface area contributed by atoms with Crippen LogP contribution < -0.4 is 0 Å². The molecule has 3 heteroatoms. The van der Waals surface area contributed by atoms with E-state index >= 15 is 0 Å². The summed E-state index contributed by atoms with van der Waals surface area (Å²) in [4.78, 5) is 11.2. The fraction of sp³-hybridized carbons (Fsp3) is 0.917. The van der Waals surface area contributed by atoms with Crippen molar-refractivity contribution in [3.05, 3.63) is 0 Å². The number of carbonyl (C=O) groups is 1. The topological polar surface area (TPSA) is 26.3 Å². The van der Waals surface area contributed by atoms with Crippen LogP contribution in [0.15, 0.2) is 0 Å². The van der Waals surface area contributed by atoms with Crippen molar-refractivity contribution in [2.75, 3.05) is 5.33 Å². The van der Waals surface area contributed by atoms with Crippen LogP contribution in [-0.4, -0.2) is 17.4 Å². The minimum Gasteiger partial charge on any atom is -0.463 e. The second kappa shape index (κ2) is 10.5. The summed E-state index contributed by atoms with van der Waals surface area (Å²) in [7, 11) is 0. The van der Waals surface area contributed by atoms with Crippen molar-refractivity contribution in [2.24, 2.45) is 0 Å². The lowest BCUT2D eigenvalue weighted by Gasteiger charge is -2.07. The molecule has 2 nitrogen and oxygen atoms in total. The summed E-state index contributed by atoms with van der Waals surface area (Å²) in [5, 5.41) is 1.10. The summed E-state index contributed by atoms with van der Waals surface area (Å²) >= 11 is 3.41. The minimum atomic E-state index is -0.0505. The lowest BCUT2D eigenvalue weighted by molar-refractivity contribution is -0.147. The normalized spacial score (nSPS) is 10.7. The van der Waals surface area contributed by atoms with Gasteiger partial charge in [0.25, 0.3) is 0 Å². The third-order valence-electron chi connectivity index (χ3n) is 2.13. The third-order valence-corrected chi connectivity index (χ3v) is 2.69. The van der Waals surface area contributed by atoms with Gasteiger partial charge in [-0.1, -0.05) is 41.6 Å². The first-order valence-corrected chi connectivity index (χ1v) is 7.04. The smallest absolute Gasteiger partial charge is 0.306 e. The molecule has 0 aromatic heterocycles. The van der Waals surface area contributed by atoms with Gasteiger partial charge in [-0.05, 0) is 26.7 Å². The molecule has 0 aliphatic rings. The van der Waals surface area contributed by atoms with Gasteiger partial charge in [-0.25, -0.2) is 0 Å². The Hall–Kier alpha value is -0.0500. The average molecular weight is 279 g/mol. The number of unbranched alkanes of at least 4 members (excludes halogenated alkanes) is 5. The van der Waals surface area contributed by atoms with E-state index in [-0.39, 0.29) is 12.1 Å². The zero-order valence-electron chi connectivity index (χ0n) is 9.93. The molecule has 0 aliphatic heterocycles. The van der Waals surface area contributed by atoms with Crippen LogP contribution in [0, 0.1) is 0 Å². The highest BCUT2D eigenvalue weighted by molar-refractivity contribution is 9.09. The molecule has 0 aromatic carbocycles. The van der Waals surface area contributed by atoms with Gasteiger partial charge in [0.2, 0.25) is 0 Å². The summed E-state index contributed by atoms with van der Waals surface area (Å²) in [5.41, 5.74) is 0. The first-order valence-electron chi connectivity index (χ1n) is 5.92. The van der Waals surface area contributed by atoms with E-state index < -0.39 is 0 Å². The van der Waals surface area contributed by atoms with E-state index in [0.717, 1.165) is 18.2 Å². The highest BCUT2D eigenvalue weighted by Gasteiger charge is 2.04. The van der Waals surface area contributed by atoms with Crippen molar-refractivity contribution in [1.82, 2.24) is 0 Å². The van der Waals surface area contributed by atoms with Gasteiger partial charge in [0.15, 0.2) is 0 Å². The number of alkyl halides is 1. The fourth-order valence-electron chi connectivity index (χ4n) is 1.39. The molecule has 0 saturated carbocycles. The van der Waals surface area contributed by atoms with Crippen molar-refractivity contribution in [3.63, 3.8) is 0 Å². The van der Waals surface area contributed by atoms with E-state index in [1.54, 1.807) is 0 Å². The number of rotatable bonds is 9. The Kier molecular flexibility index (Phi) is 10.4. The van der Waals surface area contributed by atoms with Crippen LogP contribution in [0.4, 0.5) is 0 Å². The molecular weight excluding hydrogens is 256 g/mol. The summed E-state index contributed by atoms with van der Waals surface area (Å²) < 4.78 is 5.05. The monoisotopic (exact) mass is 278 g/mol. The van der Waals surface area contributed by atoms with E-state index in [9.17, 15) is 4.79 Å². The Bertz CT molecular complexity index is 158. The van der Waals surface area contributed by atoms with Gasteiger partial charge in [0.1, 0.15) is 0 Å². The van der Waals surface area contributed by atoms with Crippen LogP contribution in [0.5, 0.6) is 0 Å². The van der Waals surface area contributed by atoms with Crippen molar-refractivity contribution >= 4 is 21.9 Å². The molecule has 0 unspecified atom stereocenters. The van der Waals surface area contributed by atoms with Crippen LogP contribution in [0.2, 0.25) is 0 Å². The van der Waals surface area contributed by atoms with E-state index in [0.29, 0.717) is 6.42 Å². The van der Waals surface area contributed by atoms with Gasteiger partial charge in [0.05, 0.1) is 6.10 Å². The predicted molar refractivity (Wildman–Crippen MR) is 67.3 cm³/mol. The zero-order chi connectivity index (χ0) is 11.5.